The standard InChI is InChI=1S/C12H11N3O4S/c1-8-14-20(17,18)11-7-9(12(16)19-2)3-4-10(11)15(8)6-5-13/h3-4,7H,6H2,1-2H3. The molecule has 0 radical (unpaired) electrons. The summed E-state index contributed by atoms with van der Waals surface area (Å²) in [6.45, 7) is 1.47. The monoisotopic (exact) mass is 293 g/mol. The van der Waals surface area contributed by atoms with Gasteiger partial charge >= 0.3 is 5.97 Å². The molecular formula is C12H11N3O4S. The van der Waals surface area contributed by atoms with Gasteiger partial charge in [0, 0.05) is 0 Å². The molecule has 0 atom stereocenters. The first kappa shape index (κ1) is 14.0. The van der Waals surface area contributed by atoms with E-state index in [4.69, 9.17) is 5.26 Å². The molecule has 7 nitrogen and oxygen atoms in total. The van der Waals surface area contributed by atoms with Gasteiger partial charge in [0.2, 0.25) is 0 Å². The Hall–Kier alpha value is -2.40. The number of rotatable bonds is 2. The Morgan fingerprint density at radius 1 is 1.50 bits per heavy atom. The molecule has 0 saturated carbocycles. The Labute approximate surface area is 116 Å². The third kappa shape index (κ3) is 2.23. The largest absolute Gasteiger partial charge is 0.465 e. The van der Waals surface area contributed by atoms with E-state index in [0.29, 0.717) is 5.69 Å². The van der Waals surface area contributed by atoms with Gasteiger partial charge in [-0.3, -0.25) is 0 Å². The van der Waals surface area contributed by atoms with Gasteiger partial charge in [0.25, 0.3) is 10.0 Å². The van der Waals surface area contributed by atoms with Crippen molar-refractivity contribution in [3.05, 3.63) is 23.8 Å². The van der Waals surface area contributed by atoms with Crippen molar-refractivity contribution in [2.24, 2.45) is 4.40 Å². The van der Waals surface area contributed by atoms with Crippen LogP contribution in [0.1, 0.15) is 17.3 Å². The molecule has 0 bridgehead atoms. The van der Waals surface area contributed by atoms with Crippen LogP contribution >= 0.6 is 0 Å². The van der Waals surface area contributed by atoms with Crippen LogP contribution in [0, 0.1) is 11.3 Å². The van der Waals surface area contributed by atoms with Crippen LogP contribution in [0.25, 0.3) is 0 Å². The zero-order valence-corrected chi connectivity index (χ0v) is 11.6. The Kier molecular flexibility index (Phi) is 3.46. The van der Waals surface area contributed by atoms with E-state index in [2.05, 4.69) is 9.13 Å². The van der Waals surface area contributed by atoms with Crippen molar-refractivity contribution in [3.63, 3.8) is 0 Å². The molecule has 0 spiro atoms. The van der Waals surface area contributed by atoms with E-state index >= 15 is 0 Å². The zero-order chi connectivity index (χ0) is 14.9. The number of amidine groups is 1. The molecule has 1 aliphatic heterocycles. The predicted molar refractivity (Wildman–Crippen MR) is 71.0 cm³/mol. The number of sulfonamides is 1. The van der Waals surface area contributed by atoms with Crippen LogP contribution < -0.4 is 4.90 Å². The maximum atomic E-state index is 12.0. The van der Waals surface area contributed by atoms with Gasteiger partial charge < -0.3 is 9.64 Å². The fraction of sp³-hybridized carbons (Fsp3) is 0.250. The topological polar surface area (TPSA) is 99.8 Å². The van der Waals surface area contributed by atoms with Crippen molar-refractivity contribution in [1.29, 1.82) is 5.26 Å². The van der Waals surface area contributed by atoms with Crippen molar-refractivity contribution in [2.75, 3.05) is 18.6 Å². The average Bonchev–Trinajstić information content (AvgIpc) is 2.41. The van der Waals surface area contributed by atoms with E-state index in [1.807, 2.05) is 6.07 Å². The Bertz CT molecular complexity index is 746. The molecule has 0 saturated heterocycles. The summed E-state index contributed by atoms with van der Waals surface area (Å²) >= 11 is 0. The minimum Gasteiger partial charge on any atom is -0.465 e. The molecule has 1 aliphatic rings. The zero-order valence-electron chi connectivity index (χ0n) is 10.8. The van der Waals surface area contributed by atoms with Gasteiger partial charge in [-0.25, -0.2) is 4.79 Å². The summed E-state index contributed by atoms with van der Waals surface area (Å²) in [6.07, 6.45) is 0. The number of methoxy groups -OCH3 is 1. The van der Waals surface area contributed by atoms with Crippen LogP contribution in [0.5, 0.6) is 0 Å². The molecule has 20 heavy (non-hydrogen) atoms. The second kappa shape index (κ2) is 4.94. The van der Waals surface area contributed by atoms with Gasteiger partial charge in [-0.05, 0) is 25.1 Å². The van der Waals surface area contributed by atoms with Gasteiger partial charge in [0.05, 0.1) is 24.4 Å². The lowest BCUT2D eigenvalue weighted by molar-refractivity contribution is 0.0600. The van der Waals surface area contributed by atoms with Crippen molar-refractivity contribution in [3.8, 4) is 6.07 Å². The molecule has 1 aromatic rings. The summed E-state index contributed by atoms with van der Waals surface area (Å²) in [5.74, 6) is -0.425. The first-order valence-corrected chi connectivity index (χ1v) is 7.03. The van der Waals surface area contributed by atoms with Gasteiger partial charge in [-0.1, -0.05) is 0 Å². The highest BCUT2D eigenvalue weighted by Gasteiger charge is 2.29. The fourth-order valence-corrected chi connectivity index (χ4v) is 3.17. The summed E-state index contributed by atoms with van der Waals surface area (Å²) in [6, 6.07) is 6.06. The fourth-order valence-electron chi connectivity index (χ4n) is 1.91. The van der Waals surface area contributed by atoms with Crippen LogP contribution in [-0.2, 0) is 14.8 Å². The van der Waals surface area contributed by atoms with E-state index in [-0.39, 0.29) is 22.8 Å². The second-order valence-corrected chi connectivity index (χ2v) is 5.60. The molecule has 1 aromatic carbocycles. The van der Waals surface area contributed by atoms with Crippen LogP contribution in [0.2, 0.25) is 0 Å². The number of hydrogen-bond acceptors (Lipinski definition) is 6. The molecule has 1 heterocycles. The van der Waals surface area contributed by atoms with Crippen molar-refractivity contribution in [2.45, 2.75) is 11.8 Å². The van der Waals surface area contributed by atoms with Gasteiger partial charge in [-0.15, -0.1) is 4.40 Å². The van der Waals surface area contributed by atoms with E-state index in [1.54, 1.807) is 0 Å². The normalized spacial score (nSPS) is 15.8. The number of carbonyl (C=O) groups excluding carboxylic acids is 1. The Morgan fingerprint density at radius 3 is 2.80 bits per heavy atom. The van der Waals surface area contributed by atoms with Crippen LogP contribution in [0.3, 0.4) is 0 Å². The molecule has 104 valence electrons. The predicted octanol–water partition coefficient (Wildman–Crippen LogP) is 0.924. The number of esters is 1. The Balaban J connectivity index is 2.65. The second-order valence-electron chi connectivity index (χ2n) is 4.03. The average molecular weight is 293 g/mol. The van der Waals surface area contributed by atoms with Crippen LogP contribution in [0.4, 0.5) is 5.69 Å². The van der Waals surface area contributed by atoms with Gasteiger partial charge in [0.15, 0.2) is 0 Å². The lowest BCUT2D eigenvalue weighted by Crippen LogP contribution is -2.34. The number of nitrogens with zero attached hydrogens (tertiary/aromatic N) is 3. The molecule has 0 aromatic heterocycles. The van der Waals surface area contributed by atoms with Gasteiger partial charge in [-0.2, -0.15) is 13.7 Å². The molecule has 8 heteroatoms. The summed E-state index contributed by atoms with van der Waals surface area (Å²) in [4.78, 5) is 12.8. The van der Waals surface area contributed by atoms with Crippen LogP contribution in [-0.4, -0.2) is 33.9 Å². The maximum Gasteiger partial charge on any atom is 0.337 e. The van der Waals surface area contributed by atoms with Crippen LogP contribution in [0.15, 0.2) is 27.5 Å². The summed E-state index contributed by atoms with van der Waals surface area (Å²) in [5.41, 5.74) is 0.438. The molecule has 0 amide bonds. The minimum absolute atomic E-state index is 0.0323. The van der Waals surface area contributed by atoms with Crippen molar-refractivity contribution < 1.29 is 17.9 Å². The molecular weight excluding hydrogens is 282 g/mol. The number of carbonyl (C=O) groups is 1. The van der Waals surface area contributed by atoms with Gasteiger partial charge in [0.1, 0.15) is 17.3 Å². The number of ether oxygens (including phenoxy) is 1. The molecule has 0 aliphatic carbocycles. The summed E-state index contributed by atoms with van der Waals surface area (Å²) in [5, 5.41) is 8.80. The quantitative estimate of drug-likeness (QED) is 0.594. The maximum absolute atomic E-state index is 12.0. The highest BCUT2D eigenvalue weighted by atomic mass is 32.2. The first-order valence-electron chi connectivity index (χ1n) is 5.59. The molecule has 0 fully saturated rings. The SMILES string of the molecule is COC(=O)c1ccc2c(c1)S(=O)(=O)N=C(C)N2CC#N. The molecule has 2 rings (SSSR count). The summed E-state index contributed by atoms with van der Waals surface area (Å²) < 4.78 is 32.2. The molecule has 0 N–H and O–H groups in total. The van der Waals surface area contributed by atoms with E-state index in [1.165, 1.54) is 37.1 Å². The van der Waals surface area contributed by atoms with E-state index in [9.17, 15) is 13.2 Å². The summed E-state index contributed by atoms with van der Waals surface area (Å²) in [7, 11) is -2.67. The first-order chi connectivity index (χ1) is 9.40. The number of anilines is 1. The molecule has 0 unspecified atom stereocenters. The number of benzene rings is 1. The number of hydrogen-bond donors (Lipinski definition) is 0. The van der Waals surface area contributed by atoms with Crippen molar-refractivity contribution in [1.82, 2.24) is 0 Å². The van der Waals surface area contributed by atoms with E-state index in [0.717, 1.165) is 0 Å². The minimum atomic E-state index is -3.88. The van der Waals surface area contributed by atoms with E-state index < -0.39 is 16.0 Å². The number of fused-ring (bicyclic) bond motifs is 1. The third-order valence-corrected chi connectivity index (χ3v) is 4.21. The smallest absolute Gasteiger partial charge is 0.337 e. The number of nitriles is 1. The highest BCUT2D eigenvalue weighted by molar-refractivity contribution is 7.90. The lowest BCUT2D eigenvalue weighted by Gasteiger charge is -2.27. The lowest BCUT2D eigenvalue weighted by atomic mass is 10.2. The Morgan fingerprint density at radius 2 is 2.20 bits per heavy atom. The highest BCUT2D eigenvalue weighted by Crippen LogP contribution is 2.32. The van der Waals surface area contributed by atoms with Crippen molar-refractivity contribution >= 4 is 27.5 Å². The third-order valence-electron chi connectivity index (χ3n) is 2.82.